The van der Waals surface area contributed by atoms with Crippen molar-refractivity contribution in [2.24, 2.45) is 4.99 Å². The summed E-state index contributed by atoms with van der Waals surface area (Å²) in [5.74, 6) is 1.42. The first-order chi connectivity index (χ1) is 17.9. The Morgan fingerprint density at radius 1 is 1.19 bits per heavy atom. The topological polar surface area (TPSA) is 134 Å². The van der Waals surface area contributed by atoms with E-state index in [1.165, 1.54) is 6.21 Å². The van der Waals surface area contributed by atoms with Gasteiger partial charge >= 0.3 is 0 Å². The number of nitrogens with one attached hydrogen (secondary N) is 3. The van der Waals surface area contributed by atoms with Gasteiger partial charge in [-0.15, -0.1) is 5.10 Å². The number of aryl methyl sites for hydroxylation is 1. The van der Waals surface area contributed by atoms with Crippen molar-refractivity contribution in [3.8, 4) is 5.82 Å². The first kappa shape index (κ1) is 23.9. The van der Waals surface area contributed by atoms with E-state index in [1.54, 1.807) is 23.0 Å². The highest BCUT2D eigenvalue weighted by Crippen LogP contribution is 2.29. The third kappa shape index (κ3) is 5.11. The number of aliphatic imine (C=N–C) groups is 1. The molecule has 3 heterocycles. The molecular weight excluding hydrogens is 464 g/mol. The summed E-state index contributed by atoms with van der Waals surface area (Å²) < 4.78 is 1.75. The summed E-state index contributed by atoms with van der Waals surface area (Å²) in [4.78, 5) is 22.0. The summed E-state index contributed by atoms with van der Waals surface area (Å²) >= 11 is 0. The number of hydrogen-bond donors (Lipinski definition) is 4. The molecule has 2 aromatic heterocycles. The number of benzene rings is 2. The zero-order chi connectivity index (χ0) is 25.9. The average Bonchev–Trinajstić information content (AvgIpc) is 3.09. The number of hydrogen-bond acceptors (Lipinski definition) is 7. The number of nitrogens with two attached hydrogens (primary N) is 1. The summed E-state index contributed by atoms with van der Waals surface area (Å²) in [5.41, 5.74) is 10.2. The lowest BCUT2D eigenvalue weighted by atomic mass is 10.1. The molecule has 0 radical (unpaired) electrons. The lowest BCUT2D eigenvalue weighted by Crippen LogP contribution is -2.17. The molecule has 0 spiro atoms. The molecule has 0 aliphatic carbocycles. The van der Waals surface area contributed by atoms with Gasteiger partial charge in [0.1, 0.15) is 5.82 Å². The zero-order valence-electron chi connectivity index (χ0n) is 20.7. The minimum Gasteiger partial charge on any atom is -0.398 e. The van der Waals surface area contributed by atoms with Gasteiger partial charge in [0.25, 0.3) is 5.91 Å². The molecule has 0 fully saturated rings. The number of amides is 1. The number of nitrogens with zero attached hydrogens (tertiary/aromatic N) is 4. The third-order valence-corrected chi connectivity index (χ3v) is 6.19. The molecule has 186 valence electrons. The Kier molecular flexibility index (Phi) is 6.51. The van der Waals surface area contributed by atoms with E-state index in [1.807, 2.05) is 62.4 Å². The predicted octanol–water partition coefficient (Wildman–Crippen LogP) is 5.17. The highest BCUT2D eigenvalue weighted by atomic mass is 16.1. The van der Waals surface area contributed by atoms with Gasteiger partial charge in [-0.2, -0.15) is 0 Å². The van der Waals surface area contributed by atoms with E-state index in [0.29, 0.717) is 34.3 Å². The average molecular weight is 493 g/mol. The van der Waals surface area contributed by atoms with Gasteiger partial charge in [-0.1, -0.05) is 18.2 Å². The number of para-hydroxylation sites is 1. The molecule has 9 nitrogen and oxygen atoms in total. The second kappa shape index (κ2) is 10.1. The Morgan fingerprint density at radius 3 is 2.86 bits per heavy atom. The second-order valence-electron chi connectivity index (χ2n) is 9.10. The van der Waals surface area contributed by atoms with Crippen LogP contribution in [0.1, 0.15) is 30.9 Å². The Labute approximate surface area is 214 Å². The minimum absolute atomic E-state index is 0.200. The van der Waals surface area contributed by atoms with Gasteiger partial charge in [-0.05, 0) is 74.7 Å². The third-order valence-electron chi connectivity index (χ3n) is 6.19. The number of pyridine rings is 1. The normalized spacial score (nSPS) is 15.2. The van der Waals surface area contributed by atoms with Crippen LogP contribution in [0.3, 0.4) is 0 Å². The van der Waals surface area contributed by atoms with E-state index in [9.17, 15) is 4.79 Å². The highest BCUT2D eigenvalue weighted by Gasteiger charge is 2.16. The maximum Gasteiger partial charge on any atom is 0.258 e. The van der Waals surface area contributed by atoms with Gasteiger partial charge in [0, 0.05) is 40.8 Å². The van der Waals surface area contributed by atoms with Crippen molar-refractivity contribution in [3.63, 3.8) is 0 Å². The molecule has 0 saturated heterocycles. The number of anilines is 4. The van der Waals surface area contributed by atoms with Gasteiger partial charge in [0.05, 0.1) is 11.1 Å². The van der Waals surface area contributed by atoms with Crippen molar-refractivity contribution >= 4 is 52.2 Å². The van der Waals surface area contributed by atoms with Crippen LogP contribution in [0.4, 0.5) is 23.0 Å². The van der Waals surface area contributed by atoms with Crippen LogP contribution in [0.2, 0.25) is 0 Å². The van der Waals surface area contributed by atoms with Gasteiger partial charge in [0.2, 0.25) is 0 Å². The van der Waals surface area contributed by atoms with Crippen LogP contribution in [-0.2, 0) is 4.79 Å². The molecule has 0 saturated carbocycles. The number of aromatic nitrogens is 3. The van der Waals surface area contributed by atoms with E-state index in [2.05, 4.69) is 15.6 Å². The fourth-order valence-electron chi connectivity index (χ4n) is 4.22. The van der Waals surface area contributed by atoms with E-state index < -0.39 is 0 Å². The molecule has 4 aromatic rings. The van der Waals surface area contributed by atoms with Crippen LogP contribution in [-0.4, -0.2) is 39.1 Å². The molecule has 1 aliphatic rings. The van der Waals surface area contributed by atoms with Crippen LogP contribution in [0.25, 0.3) is 16.7 Å². The van der Waals surface area contributed by atoms with Crippen LogP contribution in [0, 0.1) is 12.3 Å². The Bertz CT molecular complexity index is 1570. The van der Waals surface area contributed by atoms with Crippen molar-refractivity contribution in [3.05, 3.63) is 77.4 Å². The van der Waals surface area contributed by atoms with Crippen molar-refractivity contribution in [2.45, 2.75) is 32.7 Å². The van der Waals surface area contributed by atoms with Crippen molar-refractivity contribution in [1.29, 1.82) is 5.41 Å². The molecule has 1 amide bonds. The van der Waals surface area contributed by atoms with E-state index >= 15 is 0 Å². The molecule has 5 N–H and O–H groups in total. The smallest absolute Gasteiger partial charge is 0.258 e. The van der Waals surface area contributed by atoms with Crippen LogP contribution < -0.4 is 16.4 Å². The Morgan fingerprint density at radius 2 is 2.03 bits per heavy atom. The van der Waals surface area contributed by atoms with Gasteiger partial charge in [-0.25, -0.2) is 9.67 Å². The van der Waals surface area contributed by atoms with E-state index in [4.69, 9.17) is 21.2 Å². The number of fused-ring (bicyclic) bond motifs is 1. The first-order valence-corrected chi connectivity index (χ1v) is 12.1. The quantitative estimate of drug-likeness (QED) is 0.218. The van der Waals surface area contributed by atoms with Gasteiger partial charge in [-0.3, -0.25) is 9.79 Å². The molecule has 1 unspecified atom stereocenters. The number of nitrogen functional groups attached to an aromatic ring is 1. The summed E-state index contributed by atoms with van der Waals surface area (Å²) in [6.07, 6.45) is 6.51. The highest BCUT2D eigenvalue weighted by molar-refractivity contribution is 6.17. The summed E-state index contributed by atoms with van der Waals surface area (Å²) in [6, 6.07) is 17.2. The molecule has 37 heavy (non-hydrogen) atoms. The monoisotopic (exact) mass is 492 g/mol. The number of carbonyl (C=O) groups excluding carboxylic acids is 1. The maximum atomic E-state index is 12.9. The fourth-order valence-corrected chi connectivity index (χ4v) is 4.22. The molecule has 1 atom stereocenters. The SMILES string of the molecule is Cc1cc(NC(=O)C2=CCCC(C)N=C2)nc(-n2nc(Nc3ccc(N)c(C=N)c3)c3ccccc32)c1. The number of carbonyl (C=O) groups is 1. The van der Waals surface area contributed by atoms with Crippen molar-refractivity contribution < 1.29 is 4.79 Å². The molecule has 2 aromatic carbocycles. The lowest BCUT2D eigenvalue weighted by molar-refractivity contribution is -0.112. The van der Waals surface area contributed by atoms with E-state index in [-0.39, 0.29) is 11.9 Å². The Balaban J connectivity index is 1.49. The standard InChI is InChI=1S/C28H28N8O/c1-17-12-25(34-28(37)19-7-5-6-18(2)31-16-19)33-26(13-17)36-24-9-4-3-8-22(24)27(35-36)32-21-10-11-23(30)20(14-21)15-29/h3-4,7-16,18,29H,5-6,30H2,1-2H3,(H,32,35)(H,33,34,37). The minimum atomic E-state index is -0.236. The van der Waals surface area contributed by atoms with Crippen LogP contribution in [0.5, 0.6) is 0 Å². The summed E-state index contributed by atoms with van der Waals surface area (Å²) in [5, 5.41) is 19.6. The van der Waals surface area contributed by atoms with Crippen LogP contribution in [0.15, 0.2) is 71.2 Å². The van der Waals surface area contributed by atoms with Crippen molar-refractivity contribution in [1.82, 2.24) is 14.8 Å². The first-order valence-electron chi connectivity index (χ1n) is 12.1. The van der Waals surface area contributed by atoms with E-state index in [0.717, 1.165) is 35.0 Å². The fraction of sp³-hybridized carbons (Fsp3) is 0.179. The second-order valence-corrected chi connectivity index (χ2v) is 9.10. The van der Waals surface area contributed by atoms with Gasteiger partial charge < -0.3 is 21.8 Å². The predicted molar refractivity (Wildman–Crippen MR) is 150 cm³/mol. The Hall–Kier alpha value is -4.79. The maximum absolute atomic E-state index is 12.9. The largest absolute Gasteiger partial charge is 0.398 e. The number of rotatable bonds is 6. The van der Waals surface area contributed by atoms with Crippen molar-refractivity contribution in [2.75, 3.05) is 16.4 Å². The molecular formula is C28H28N8O. The molecule has 0 bridgehead atoms. The molecule has 1 aliphatic heterocycles. The van der Waals surface area contributed by atoms with Gasteiger partial charge in [0.15, 0.2) is 11.6 Å². The zero-order valence-corrected chi connectivity index (χ0v) is 20.7. The number of allylic oxidation sites excluding steroid dienone is 1. The van der Waals surface area contributed by atoms with Crippen LogP contribution >= 0.6 is 0 Å². The summed E-state index contributed by atoms with van der Waals surface area (Å²) in [6.45, 7) is 3.99. The lowest BCUT2D eigenvalue weighted by Gasteiger charge is -2.09. The molecule has 5 rings (SSSR count). The summed E-state index contributed by atoms with van der Waals surface area (Å²) in [7, 11) is 0. The molecule has 9 heteroatoms.